The van der Waals surface area contributed by atoms with Crippen LogP contribution in [0.5, 0.6) is 5.75 Å². The molecule has 100 valence electrons. The Morgan fingerprint density at radius 1 is 1.22 bits per heavy atom. The van der Waals surface area contributed by atoms with Crippen molar-refractivity contribution in [3.63, 3.8) is 0 Å². The van der Waals surface area contributed by atoms with Gasteiger partial charge in [0.25, 0.3) is 8.32 Å². The second-order valence-electron chi connectivity index (χ2n) is 5.88. The number of benzene rings is 1. The van der Waals surface area contributed by atoms with Gasteiger partial charge in [-0.25, -0.2) is 4.79 Å². The molecule has 0 unspecified atom stereocenters. The molecule has 1 aromatic carbocycles. The fraction of sp³-hybridized carbons (Fsp3) is 0.500. The van der Waals surface area contributed by atoms with E-state index in [0.717, 1.165) is 0 Å². The van der Waals surface area contributed by atoms with Crippen LogP contribution < -0.4 is 4.74 Å². The monoisotopic (exact) mass is 266 g/mol. The Hall–Kier alpha value is -1.29. The number of rotatable bonds is 3. The molecule has 3 nitrogen and oxygen atoms in total. The van der Waals surface area contributed by atoms with Crippen molar-refractivity contribution < 1.29 is 14.0 Å². The number of hydrogen-bond donors (Lipinski definition) is 0. The minimum atomic E-state index is -2.07. The normalized spacial score (nSPS) is 12.1. The maximum Gasteiger partial charge on any atom is 0.324 e. The van der Waals surface area contributed by atoms with E-state index in [2.05, 4.69) is 33.9 Å². The highest BCUT2D eigenvalue weighted by Crippen LogP contribution is 2.37. The van der Waals surface area contributed by atoms with Crippen LogP contribution >= 0.6 is 0 Å². The second kappa shape index (κ2) is 5.14. The average molecular weight is 266 g/mol. The molecule has 0 aromatic heterocycles. The van der Waals surface area contributed by atoms with Crippen molar-refractivity contribution in [3.8, 4) is 5.75 Å². The zero-order valence-electron chi connectivity index (χ0n) is 12.0. The molecule has 0 spiro atoms. The molecule has 1 aromatic rings. The molecule has 1 rings (SSSR count). The van der Waals surface area contributed by atoms with Crippen LogP contribution in [-0.2, 0) is 4.43 Å². The molecule has 0 N–H and O–H groups in total. The number of carbonyl (C=O) groups is 1. The van der Waals surface area contributed by atoms with Crippen LogP contribution in [0, 0.1) is 0 Å². The summed E-state index contributed by atoms with van der Waals surface area (Å²) in [5.41, 5.74) is 0.541. The third kappa shape index (κ3) is 3.35. The number of carbonyl (C=O) groups excluding carboxylic acids is 1. The van der Waals surface area contributed by atoms with Gasteiger partial charge in [-0.3, -0.25) is 0 Å². The summed E-state index contributed by atoms with van der Waals surface area (Å²) >= 11 is 0. The van der Waals surface area contributed by atoms with E-state index in [1.165, 1.54) is 0 Å². The topological polar surface area (TPSA) is 35.5 Å². The Bertz CT molecular complexity index is 433. The summed E-state index contributed by atoms with van der Waals surface area (Å²) in [6, 6.07) is 7.05. The van der Waals surface area contributed by atoms with Crippen LogP contribution in [0.4, 0.5) is 0 Å². The highest BCUT2D eigenvalue weighted by atomic mass is 28.4. The van der Waals surface area contributed by atoms with Gasteiger partial charge in [0.15, 0.2) is 0 Å². The molecule has 0 atom stereocenters. The zero-order chi connectivity index (χ0) is 14.0. The van der Waals surface area contributed by atoms with E-state index in [4.69, 9.17) is 9.16 Å². The van der Waals surface area contributed by atoms with E-state index in [1.807, 2.05) is 6.07 Å². The summed E-state index contributed by atoms with van der Waals surface area (Å²) in [7, 11) is -0.487. The maximum atomic E-state index is 12.1. The fourth-order valence-corrected chi connectivity index (χ4v) is 2.08. The summed E-state index contributed by atoms with van der Waals surface area (Å²) in [5, 5.41) is 0.0154. The lowest BCUT2D eigenvalue weighted by Crippen LogP contribution is -2.42. The smallest absolute Gasteiger partial charge is 0.324 e. The first-order valence-corrected chi connectivity index (χ1v) is 8.95. The van der Waals surface area contributed by atoms with Gasteiger partial charge < -0.3 is 9.16 Å². The van der Waals surface area contributed by atoms with Crippen molar-refractivity contribution in [2.24, 2.45) is 0 Å². The summed E-state index contributed by atoms with van der Waals surface area (Å²) in [6.45, 7) is 10.4. The zero-order valence-corrected chi connectivity index (χ0v) is 13.0. The van der Waals surface area contributed by atoms with Gasteiger partial charge in [0.1, 0.15) is 5.75 Å². The minimum Gasteiger partial charge on any atom is -0.516 e. The molecular weight excluding hydrogens is 244 g/mol. The molecule has 0 heterocycles. The number of methoxy groups -OCH3 is 1. The predicted octanol–water partition coefficient (Wildman–Crippen LogP) is 3.86. The third-order valence-corrected chi connectivity index (χ3v) is 7.77. The first kappa shape index (κ1) is 14.8. The average Bonchev–Trinajstić information content (AvgIpc) is 2.27. The van der Waals surface area contributed by atoms with E-state index in [1.54, 1.807) is 25.3 Å². The van der Waals surface area contributed by atoms with Gasteiger partial charge in [0.05, 0.1) is 12.7 Å². The molecule has 0 aliphatic heterocycles. The lowest BCUT2D eigenvalue weighted by atomic mass is 10.2. The third-order valence-electron chi connectivity index (χ3n) is 3.46. The van der Waals surface area contributed by atoms with Gasteiger partial charge in [-0.2, -0.15) is 0 Å². The van der Waals surface area contributed by atoms with Crippen LogP contribution in [-0.4, -0.2) is 21.4 Å². The minimum absolute atomic E-state index is 0.0154. The number of hydrogen-bond acceptors (Lipinski definition) is 3. The lowest BCUT2D eigenvalue weighted by Gasteiger charge is -2.35. The van der Waals surface area contributed by atoms with Crippen LogP contribution in [0.3, 0.4) is 0 Å². The van der Waals surface area contributed by atoms with Crippen LogP contribution in [0.1, 0.15) is 31.1 Å². The summed E-state index contributed by atoms with van der Waals surface area (Å²) < 4.78 is 10.8. The fourth-order valence-electron chi connectivity index (χ4n) is 1.19. The van der Waals surface area contributed by atoms with Gasteiger partial charge in [0.2, 0.25) is 0 Å². The van der Waals surface area contributed by atoms with Gasteiger partial charge in [0, 0.05) is 0 Å². The van der Waals surface area contributed by atoms with E-state index < -0.39 is 8.32 Å². The highest BCUT2D eigenvalue weighted by Gasteiger charge is 2.40. The summed E-state index contributed by atoms with van der Waals surface area (Å²) in [5.74, 6) is 0.403. The molecule has 0 bridgehead atoms. The Kier molecular flexibility index (Phi) is 4.22. The Balaban J connectivity index is 2.89. The highest BCUT2D eigenvalue weighted by molar-refractivity contribution is 6.75. The molecule has 18 heavy (non-hydrogen) atoms. The van der Waals surface area contributed by atoms with E-state index in [0.29, 0.717) is 11.3 Å². The molecule has 0 amide bonds. The molecule has 0 saturated carbocycles. The van der Waals surface area contributed by atoms with Gasteiger partial charge >= 0.3 is 5.97 Å². The Morgan fingerprint density at radius 2 is 1.83 bits per heavy atom. The van der Waals surface area contributed by atoms with Crippen molar-refractivity contribution in [3.05, 3.63) is 29.8 Å². The first-order valence-electron chi connectivity index (χ1n) is 6.05. The van der Waals surface area contributed by atoms with E-state index in [-0.39, 0.29) is 11.0 Å². The molecule has 0 aliphatic carbocycles. The van der Waals surface area contributed by atoms with E-state index >= 15 is 0 Å². The SMILES string of the molecule is COc1cccc(C(=O)O[Si](C)(C)C(C)(C)C)c1. The van der Waals surface area contributed by atoms with Gasteiger partial charge in [-0.1, -0.05) is 26.8 Å². The lowest BCUT2D eigenvalue weighted by molar-refractivity contribution is 0.0712. The molecule has 0 aliphatic rings. The predicted molar refractivity (Wildman–Crippen MR) is 75.6 cm³/mol. The van der Waals surface area contributed by atoms with Crippen molar-refractivity contribution in [2.75, 3.05) is 7.11 Å². The largest absolute Gasteiger partial charge is 0.516 e. The molecule has 0 saturated heterocycles. The van der Waals surface area contributed by atoms with Crippen LogP contribution in [0.25, 0.3) is 0 Å². The molecular formula is C14H22O3Si. The van der Waals surface area contributed by atoms with Crippen LogP contribution in [0.2, 0.25) is 18.1 Å². The van der Waals surface area contributed by atoms with Gasteiger partial charge in [-0.15, -0.1) is 0 Å². The summed E-state index contributed by atoms with van der Waals surface area (Å²) in [4.78, 5) is 12.1. The van der Waals surface area contributed by atoms with Crippen molar-refractivity contribution in [1.29, 1.82) is 0 Å². The summed E-state index contributed by atoms with van der Waals surface area (Å²) in [6.07, 6.45) is 0. The Labute approximate surface area is 110 Å². The first-order chi connectivity index (χ1) is 8.17. The molecule has 4 heteroatoms. The van der Waals surface area contributed by atoms with Crippen molar-refractivity contribution >= 4 is 14.3 Å². The molecule has 0 radical (unpaired) electrons. The second-order valence-corrected chi connectivity index (χ2v) is 10.6. The van der Waals surface area contributed by atoms with Gasteiger partial charge in [-0.05, 0) is 36.3 Å². The Morgan fingerprint density at radius 3 is 2.33 bits per heavy atom. The quantitative estimate of drug-likeness (QED) is 0.779. The number of ether oxygens (including phenoxy) is 1. The van der Waals surface area contributed by atoms with Crippen molar-refractivity contribution in [1.82, 2.24) is 0 Å². The molecule has 0 fully saturated rings. The van der Waals surface area contributed by atoms with Crippen LogP contribution in [0.15, 0.2) is 24.3 Å². The maximum absolute atomic E-state index is 12.1. The standard InChI is InChI=1S/C14H22O3Si/c1-14(2,3)18(5,6)17-13(15)11-8-7-9-12(10-11)16-4/h7-10H,1-6H3. The van der Waals surface area contributed by atoms with Crippen molar-refractivity contribution in [2.45, 2.75) is 38.9 Å². The van der Waals surface area contributed by atoms with E-state index in [9.17, 15) is 4.79 Å².